The second kappa shape index (κ2) is 9.27. The lowest BCUT2D eigenvalue weighted by molar-refractivity contribution is -0.119. The Morgan fingerprint density at radius 3 is 2.57 bits per heavy atom. The van der Waals surface area contributed by atoms with Crippen LogP contribution >= 0.6 is 11.3 Å². The predicted molar refractivity (Wildman–Crippen MR) is 103 cm³/mol. The van der Waals surface area contributed by atoms with Crippen molar-refractivity contribution < 1.29 is 23.9 Å². The number of methoxy groups -OCH3 is 1. The lowest BCUT2D eigenvalue weighted by atomic mass is 10.1. The maximum absolute atomic E-state index is 12.1. The van der Waals surface area contributed by atoms with E-state index < -0.39 is 24.5 Å². The van der Waals surface area contributed by atoms with E-state index in [2.05, 4.69) is 10.4 Å². The summed E-state index contributed by atoms with van der Waals surface area (Å²) < 4.78 is 10.9. The summed E-state index contributed by atoms with van der Waals surface area (Å²) in [5, 5.41) is 6.82. The van der Waals surface area contributed by atoms with Gasteiger partial charge in [0.1, 0.15) is 5.00 Å². The molecule has 0 aromatic carbocycles. The topological polar surface area (TPSA) is 117 Å². The number of nitrogens with one attached hydrogen (secondary N) is 1. The summed E-state index contributed by atoms with van der Waals surface area (Å²) in [6.07, 6.45) is 0.677. The van der Waals surface area contributed by atoms with Crippen molar-refractivity contribution in [2.45, 2.75) is 33.7 Å². The highest BCUT2D eigenvalue weighted by atomic mass is 32.1. The molecule has 1 N–H and O–H groups in total. The van der Waals surface area contributed by atoms with Gasteiger partial charge in [-0.2, -0.15) is 5.10 Å². The molecule has 0 spiro atoms. The lowest BCUT2D eigenvalue weighted by Crippen LogP contribution is -2.26. The highest BCUT2D eigenvalue weighted by Crippen LogP contribution is 2.32. The first-order chi connectivity index (χ1) is 13.3. The number of carbonyl (C=O) groups is 3. The van der Waals surface area contributed by atoms with Crippen LogP contribution in [0.4, 0.5) is 5.00 Å². The van der Waals surface area contributed by atoms with Gasteiger partial charge in [0.05, 0.1) is 12.7 Å². The molecule has 0 atom stereocenters. The SMILES string of the molecule is CCCn1nc(C(=O)OCC(=O)Nc2sc(C)c(C)c2C(=O)OC)ccc1=O. The average Bonchev–Trinajstić information content (AvgIpc) is 2.94. The highest BCUT2D eigenvalue weighted by molar-refractivity contribution is 7.16. The third kappa shape index (κ3) is 4.83. The fourth-order valence-electron chi connectivity index (χ4n) is 2.36. The molecule has 150 valence electrons. The number of amides is 1. The summed E-state index contributed by atoms with van der Waals surface area (Å²) in [7, 11) is 1.26. The number of rotatable bonds is 7. The van der Waals surface area contributed by atoms with Crippen LogP contribution in [0.1, 0.15) is 44.6 Å². The maximum atomic E-state index is 12.1. The van der Waals surface area contributed by atoms with Gasteiger partial charge in [-0.3, -0.25) is 9.59 Å². The Kier molecular flexibility index (Phi) is 7.05. The van der Waals surface area contributed by atoms with Crippen LogP contribution in [0.25, 0.3) is 0 Å². The van der Waals surface area contributed by atoms with E-state index in [1.54, 1.807) is 6.92 Å². The van der Waals surface area contributed by atoms with E-state index >= 15 is 0 Å². The molecule has 0 saturated heterocycles. The first kappa shape index (κ1) is 21.3. The first-order valence-corrected chi connectivity index (χ1v) is 9.33. The minimum Gasteiger partial charge on any atom is -0.465 e. The molecular formula is C18H21N3O6S. The smallest absolute Gasteiger partial charge is 0.359 e. The number of esters is 2. The van der Waals surface area contributed by atoms with Gasteiger partial charge in [0.25, 0.3) is 11.5 Å². The van der Waals surface area contributed by atoms with Crippen LogP contribution in [0.3, 0.4) is 0 Å². The molecule has 0 unspecified atom stereocenters. The van der Waals surface area contributed by atoms with Gasteiger partial charge < -0.3 is 14.8 Å². The van der Waals surface area contributed by atoms with Crippen LogP contribution in [-0.4, -0.2) is 41.3 Å². The Bertz CT molecular complexity index is 963. The Morgan fingerprint density at radius 2 is 1.93 bits per heavy atom. The van der Waals surface area contributed by atoms with Crippen LogP contribution in [0.5, 0.6) is 0 Å². The fourth-order valence-corrected chi connectivity index (χ4v) is 3.43. The normalized spacial score (nSPS) is 10.4. The summed E-state index contributed by atoms with van der Waals surface area (Å²) in [5.41, 5.74) is 0.596. The van der Waals surface area contributed by atoms with Crippen molar-refractivity contribution >= 4 is 34.2 Å². The number of nitrogens with zero attached hydrogens (tertiary/aromatic N) is 2. The second-order valence-corrected chi connectivity index (χ2v) is 7.11. The molecule has 0 aliphatic rings. The number of hydrogen-bond donors (Lipinski definition) is 1. The highest BCUT2D eigenvalue weighted by Gasteiger charge is 2.22. The molecule has 9 nitrogen and oxygen atoms in total. The minimum atomic E-state index is -0.827. The molecule has 1 amide bonds. The summed E-state index contributed by atoms with van der Waals surface area (Å²) in [6.45, 7) is 5.25. The van der Waals surface area contributed by atoms with Gasteiger partial charge in [0.2, 0.25) is 0 Å². The first-order valence-electron chi connectivity index (χ1n) is 8.51. The third-order valence-corrected chi connectivity index (χ3v) is 5.00. The van der Waals surface area contributed by atoms with E-state index in [0.29, 0.717) is 23.5 Å². The Balaban J connectivity index is 2.04. The van der Waals surface area contributed by atoms with Gasteiger partial charge in [-0.25, -0.2) is 14.3 Å². The molecule has 0 radical (unpaired) electrons. The van der Waals surface area contributed by atoms with Crippen LogP contribution in [0.2, 0.25) is 0 Å². The number of hydrogen-bond acceptors (Lipinski definition) is 8. The predicted octanol–water partition coefficient (Wildman–Crippen LogP) is 1.91. The van der Waals surface area contributed by atoms with Crippen molar-refractivity contribution in [2.75, 3.05) is 19.0 Å². The zero-order valence-corrected chi connectivity index (χ0v) is 16.8. The summed E-state index contributed by atoms with van der Waals surface area (Å²) >= 11 is 1.23. The van der Waals surface area contributed by atoms with E-state index in [1.807, 2.05) is 13.8 Å². The lowest BCUT2D eigenvalue weighted by Gasteiger charge is -2.08. The average molecular weight is 407 g/mol. The zero-order chi connectivity index (χ0) is 20.8. The van der Waals surface area contributed by atoms with Crippen LogP contribution in [-0.2, 0) is 20.8 Å². The quantitative estimate of drug-likeness (QED) is 0.697. The van der Waals surface area contributed by atoms with Gasteiger partial charge in [-0.15, -0.1) is 11.3 Å². The number of anilines is 1. The number of aryl methyl sites for hydroxylation is 2. The van der Waals surface area contributed by atoms with Gasteiger partial charge in [-0.05, 0) is 31.9 Å². The monoisotopic (exact) mass is 407 g/mol. The van der Waals surface area contributed by atoms with E-state index in [4.69, 9.17) is 9.47 Å². The van der Waals surface area contributed by atoms with Gasteiger partial charge >= 0.3 is 11.9 Å². The van der Waals surface area contributed by atoms with Crippen molar-refractivity contribution in [3.05, 3.63) is 44.2 Å². The Labute approximate surface area is 165 Å². The standard InChI is InChI=1S/C18H21N3O6S/c1-5-8-21-14(23)7-6-12(20-21)17(24)27-9-13(22)19-16-15(18(25)26-4)10(2)11(3)28-16/h6-7H,5,8-9H2,1-4H3,(H,19,22). The van der Waals surface area contributed by atoms with Crippen LogP contribution in [0, 0.1) is 13.8 Å². The molecule has 2 aromatic rings. The van der Waals surface area contributed by atoms with Gasteiger partial charge in [-0.1, -0.05) is 6.92 Å². The molecule has 0 fully saturated rings. The van der Waals surface area contributed by atoms with E-state index in [9.17, 15) is 19.2 Å². The molecule has 0 saturated carbocycles. The van der Waals surface area contributed by atoms with Gasteiger partial charge in [0.15, 0.2) is 12.3 Å². The third-order valence-electron chi connectivity index (χ3n) is 3.87. The van der Waals surface area contributed by atoms with Crippen molar-refractivity contribution in [2.24, 2.45) is 0 Å². The fraction of sp³-hybridized carbons (Fsp3) is 0.389. The molecule has 28 heavy (non-hydrogen) atoms. The Hall–Kier alpha value is -3.01. The largest absolute Gasteiger partial charge is 0.465 e. The molecule has 2 heterocycles. The van der Waals surface area contributed by atoms with Crippen molar-refractivity contribution in [3.63, 3.8) is 0 Å². The summed E-state index contributed by atoms with van der Waals surface area (Å²) in [6, 6.07) is 2.47. The molecular weight excluding hydrogens is 386 g/mol. The molecule has 2 aromatic heterocycles. The molecule has 0 aliphatic heterocycles. The van der Waals surface area contributed by atoms with E-state index in [1.165, 1.54) is 30.6 Å². The van der Waals surface area contributed by atoms with Crippen molar-refractivity contribution in [1.82, 2.24) is 9.78 Å². The van der Waals surface area contributed by atoms with Crippen molar-refractivity contribution in [1.29, 1.82) is 0 Å². The van der Waals surface area contributed by atoms with Gasteiger partial charge in [0, 0.05) is 17.5 Å². The maximum Gasteiger partial charge on any atom is 0.359 e. The number of ether oxygens (including phenoxy) is 2. The minimum absolute atomic E-state index is 0.0705. The van der Waals surface area contributed by atoms with E-state index in [-0.39, 0.29) is 16.8 Å². The van der Waals surface area contributed by atoms with E-state index in [0.717, 1.165) is 9.56 Å². The molecule has 0 bridgehead atoms. The summed E-state index contributed by atoms with van der Waals surface area (Å²) in [4.78, 5) is 48.7. The molecule has 10 heteroatoms. The van der Waals surface area contributed by atoms with Crippen LogP contribution in [0.15, 0.2) is 16.9 Å². The number of thiophene rings is 1. The number of carbonyl (C=O) groups excluding carboxylic acids is 3. The summed E-state index contributed by atoms with van der Waals surface area (Å²) in [5.74, 6) is -2.00. The Morgan fingerprint density at radius 1 is 1.21 bits per heavy atom. The molecule has 2 rings (SSSR count). The zero-order valence-electron chi connectivity index (χ0n) is 16.0. The number of aromatic nitrogens is 2. The van der Waals surface area contributed by atoms with Crippen molar-refractivity contribution in [3.8, 4) is 0 Å². The van der Waals surface area contributed by atoms with Crippen LogP contribution < -0.4 is 10.9 Å². The second-order valence-electron chi connectivity index (χ2n) is 5.88. The molecule has 0 aliphatic carbocycles.